The smallest absolute Gasteiger partial charge is 0.255 e. The summed E-state index contributed by atoms with van der Waals surface area (Å²) in [5.41, 5.74) is 7.08. The molecular formula is C20H22ClN3O3. The summed E-state index contributed by atoms with van der Waals surface area (Å²) in [4.78, 5) is 24.9. The summed E-state index contributed by atoms with van der Waals surface area (Å²) in [6.07, 6.45) is 1.23. The molecule has 2 aromatic rings. The summed E-state index contributed by atoms with van der Waals surface area (Å²) >= 11 is 5.83. The first-order valence-electron chi connectivity index (χ1n) is 8.79. The summed E-state index contributed by atoms with van der Waals surface area (Å²) in [5, 5.41) is 6.30. The van der Waals surface area contributed by atoms with Gasteiger partial charge in [0, 0.05) is 41.7 Å². The molecule has 1 aliphatic heterocycles. The van der Waals surface area contributed by atoms with Gasteiger partial charge >= 0.3 is 0 Å². The topological polar surface area (TPSA) is 93.5 Å². The van der Waals surface area contributed by atoms with Gasteiger partial charge in [-0.1, -0.05) is 11.6 Å². The number of ether oxygens (including phenoxy) is 1. The first kappa shape index (κ1) is 19.4. The van der Waals surface area contributed by atoms with Crippen molar-refractivity contribution in [2.24, 2.45) is 11.1 Å². The van der Waals surface area contributed by atoms with Crippen molar-refractivity contribution < 1.29 is 14.3 Å². The lowest BCUT2D eigenvalue weighted by atomic mass is 9.79. The van der Waals surface area contributed by atoms with E-state index < -0.39 is 5.41 Å². The molecule has 0 saturated carbocycles. The summed E-state index contributed by atoms with van der Waals surface area (Å²) in [5.74, 6) is -0.320. The van der Waals surface area contributed by atoms with E-state index in [9.17, 15) is 9.59 Å². The number of halogens is 1. The Morgan fingerprint density at radius 3 is 2.07 bits per heavy atom. The number of hydrogen-bond acceptors (Lipinski definition) is 4. The summed E-state index contributed by atoms with van der Waals surface area (Å²) in [6, 6.07) is 13.6. The first-order chi connectivity index (χ1) is 13.0. The lowest BCUT2D eigenvalue weighted by molar-refractivity contribution is -0.130. The van der Waals surface area contributed by atoms with Gasteiger partial charge in [0.2, 0.25) is 5.91 Å². The second kappa shape index (κ2) is 8.52. The highest BCUT2D eigenvalue weighted by atomic mass is 35.5. The van der Waals surface area contributed by atoms with Crippen LogP contribution in [0.5, 0.6) is 0 Å². The van der Waals surface area contributed by atoms with Gasteiger partial charge in [0.05, 0.1) is 5.41 Å². The van der Waals surface area contributed by atoms with Crippen LogP contribution in [0, 0.1) is 5.41 Å². The first-order valence-corrected chi connectivity index (χ1v) is 9.16. The second-order valence-electron chi connectivity index (χ2n) is 6.59. The number of benzene rings is 2. The average molecular weight is 388 g/mol. The van der Waals surface area contributed by atoms with Crippen LogP contribution in [0.3, 0.4) is 0 Å². The van der Waals surface area contributed by atoms with Crippen molar-refractivity contribution in [3.8, 4) is 0 Å². The van der Waals surface area contributed by atoms with Gasteiger partial charge < -0.3 is 21.1 Å². The van der Waals surface area contributed by atoms with Crippen LogP contribution in [0.25, 0.3) is 0 Å². The molecule has 0 atom stereocenters. The molecule has 2 aromatic carbocycles. The predicted octanol–water partition coefficient (Wildman–Crippen LogP) is 3.29. The highest BCUT2D eigenvalue weighted by Gasteiger charge is 2.38. The molecule has 6 nitrogen and oxygen atoms in total. The van der Waals surface area contributed by atoms with Crippen molar-refractivity contribution in [1.29, 1.82) is 0 Å². The molecule has 0 bridgehead atoms. The van der Waals surface area contributed by atoms with Gasteiger partial charge in [-0.15, -0.1) is 0 Å². The number of anilines is 2. The Labute approximate surface area is 163 Å². The average Bonchev–Trinajstić information content (AvgIpc) is 2.70. The number of hydrogen-bond donors (Lipinski definition) is 3. The van der Waals surface area contributed by atoms with Gasteiger partial charge in [-0.3, -0.25) is 9.59 Å². The van der Waals surface area contributed by atoms with Gasteiger partial charge in [0.15, 0.2) is 0 Å². The fraction of sp³-hybridized carbons (Fsp3) is 0.300. The molecule has 1 fully saturated rings. The summed E-state index contributed by atoms with van der Waals surface area (Å²) in [6.45, 7) is 1.37. The lowest BCUT2D eigenvalue weighted by Gasteiger charge is -2.34. The van der Waals surface area contributed by atoms with E-state index in [1.54, 1.807) is 48.5 Å². The summed E-state index contributed by atoms with van der Waals surface area (Å²) in [7, 11) is 0. The number of nitrogens with two attached hydrogens (primary N) is 1. The molecule has 7 heteroatoms. The number of amides is 2. The van der Waals surface area contributed by atoms with Crippen molar-refractivity contribution in [2.75, 3.05) is 30.4 Å². The molecule has 1 heterocycles. The molecule has 2 amide bonds. The van der Waals surface area contributed by atoms with E-state index >= 15 is 0 Å². The maximum atomic E-state index is 12.7. The van der Waals surface area contributed by atoms with Crippen LogP contribution in [0.2, 0.25) is 5.02 Å². The Morgan fingerprint density at radius 2 is 1.52 bits per heavy atom. The number of rotatable bonds is 5. The molecule has 27 heavy (non-hydrogen) atoms. The number of carbonyl (C=O) groups is 2. The molecule has 0 aromatic heterocycles. The zero-order valence-electron chi connectivity index (χ0n) is 14.8. The lowest BCUT2D eigenvalue weighted by Crippen LogP contribution is -2.46. The van der Waals surface area contributed by atoms with Crippen LogP contribution in [0.1, 0.15) is 23.2 Å². The van der Waals surface area contributed by atoms with E-state index in [2.05, 4.69) is 10.6 Å². The van der Waals surface area contributed by atoms with Gasteiger partial charge in [0.25, 0.3) is 5.91 Å². The zero-order chi connectivity index (χ0) is 19.3. The minimum atomic E-state index is -0.584. The molecule has 1 saturated heterocycles. The number of nitrogens with one attached hydrogen (secondary N) is 2. The highest BCUT2D eigenvalue weighted by molar-refractivity contribution is 6.30. The second-order valence-corrected chi connectivity index (χ2v) is 7.03. The molecule has 0 aliphatic carbocycles. The molecule has 4 N–H and O–H groups in total. The Morgan fingerprint density at radius 1 is 0.963 bits per heavy atom. The van der Waals surface area contributed by atoms with E-state index in [0.29, 0.717) is 48.0 Å². The minimum Gasteiger partial charge on any atom is -0.381 e. The van der Waals surface area contributed by atoms with Crippen LogP contribution in [-0.4, -0.2) is 31.6 Å². The Kier molecular flexibility index (Phi) is 6.11. The van der Waals surface area contributed by atoms with Gasteiger partial charge in [-0.2, -0.15) is 0 Å². The van der Waals surface area contributed by atoms with E-state index in [1.807, 2.05) is 0 Å². The molecule has 3 rings (SSSR count). The minimum absolute atomic E-state index is 0.0914. The molecule has 0 unspecified atom stereocenters. The molecule has 0 radical (unpaired) electrons. The van der Waals surface area contributed by atoms with Crippen molar-refractivity contribution in [3.63, 3.8) is 0 Å². The van der Waals surface area contributed by atoms with Crippen molar-refractivity contribution >= 4 is 34.8 Å². The van der Waals surface area contributed by atoms with Crippen LogP contribution < -0.4 is 16.4 Å². The molecular weight excluding hydrogens is 366 g/mol. The Bertz CT molecular complexity index is 800. The molecule has 1 aliphatic rings. The van der Waals surface area contributed by atoms with E-state index in [1.165, 1.54) is 0 Å². The van der Waals surface area contributed by atoms with Crippen molar-refractivity contribution in [1.82, 2.24) is 0 Å². The SMILES string of the molecule is NCC1(C(=O)Nc2ccc(NC(=O)c3ccc(Cl)cc3)cc2)CCOCC1. The van der Waals surface area contributed by atoms with E-state index in [-0.39, 0.29) is 18.4 Å². The van der Waals surface area contributed by atoms with Gasteiger partial charge in [-0.05, 0) is 61.4 Å². The standard InChI is InChI=1S/C20H22ClN3O3/c21-15-3-1-14(2-4-15)18(25)23-16-5-7-17(8-6-16)24-19(26)20(13-22)9-11-27-12-10-20/h1-8H,9-13,22H2,(H,23,25)(H,24,26). The number of carbonyl (C=O) groups excluding carboxylic acids is 2. The van der Waals surface area contributed by atoms with Gasteiger partial charge in [0.1, 0.15) is 0 Å². The Hall–Kier alpha value is -2.41. The molecule has 142 valence electrons. The zero-order valence-corrected chi connectivity index (χ0v) is 15.6. The predicted molar refractivity (Wildman–Crippen MR) is 106 cm³/mol. The Balaban J connectivity index is 1.62. The highest BCUT2D eigenvalue weighted by Crippen LogP contribution is 2.31. The van der Waals surface area contributed by atoms with Crippen molar-refractivity contribution in [3.05, 3.63) is 59.1 Å². The quantitative estimate of drug-likeness (QED) is 0.733. The normalized spacial score (nSPS) is 15.8. The van der Waals surface area contributed by atoms with Crippen LogP contribution in [0.4, 0.5) is 11.4 Å². The molecule has 0 spiro atoms. The van der Waals surface area contributed by atoms with Crippen molar-refractivity contribution in [2.45, 2.75) is 12.8 Å². The van der Waals surface area contributed by atoms with E-state index in [4.69, 9.17) is 22.1 Å². The van der Waals surface area contributed by atoms with Crippen LogP contribution >= 0.6 is 11.6 Å². The monoisotopic (exact) mass is 387 g/mol. The van der Waals surface area contributed by atoms with E-state index in [0.717, 1.165) is 0 Å². The third kappa shape index (κ3) is 4.66. The third-order valence-corrected chi connectivity index (χ3v) is 5.08. The fourth-order valence-corrected chi connectivity index (χ4v) is 3.12. The maximum Gasteiger partial charge on any atom is 0.255 e. The maximum absolute atomic E-state index is 12.7. The van der Waals surface area contributed by atoms with Crippen LogP contribution in [-0.2, 0) is 9.53 Å². The fourth-order valence-electron chi connectivity index (χ4n) is 2.99. The van der Waals surface area contributed by atoms with Gasteiger partial charge in [-0.25, -0.2) is 0 Å². The van der Waals surface area contributed by atoms with Crippen LogP contribution in [0.15, 0.2) is 48.5 Å². The largest absolute Gasteiger partial charge is 0.381 e. The third-order valence-electron chi connectivity index (χ3n) is 4.83. The summed E-state index contributed by atoms with van der Waals surface area (Å²) < 4.78 is 5.34.